The first-order valence-electron chi connectivity index (χ1n) is 8.31. The summed E-state index contributed by atoms with van der Waals surface area (Å²) in [5, 5.41) is 11.8. The molecule has 7 nitrogen and oxygen atoms in total. The number of amides is 1. The molecule has 0 unspecified atom stereocenters. The van der Waals surface area contributed by atoms with Crippen molar-refractivity contribution in [3.05, 3.63) is 48.4 Å². The van der Waals surface area contributed by atoms with Crippen molar-refractivity contribution in [2.45, 2.75) is 19.3 Å². The lowest BCUT2D eigenvalue weighted by Gasteiger charge is -2.30. The van der Waals surface area contributed by atoms with Gasteiger partial charge in [-0.1, -0.05) is 12.1 Å². The third kappa shape index (κ3) is 4.54. The Labute approximate surface area is 146 Å². The van der Waals surface area contributed by atoms with Gasteiger partial charge < -0.3 is 10.2 Å². The molecule has 0 spiro atoms. The molecule has 2 heterocycles. The zero-order valence-corrected chi connectivity index (χ0v) is 13.9. The molecule has 1 amide bonds. The van der Waals surface area contributed by atoms with Crippen LogP contribution >= 0.6 is 0 Å². The van der Waals surface area contributed by atoms with E-state index in [0.29, 0.717) is 11.5 Å². The SMILES string of the molecule is O=C(C=Cc1cnc(Nc2ccccc2N2CCCCC2)cn1)NO. The van der Waals surface area contributed by atoms with E-state index in [1.54, 1.807) is 12.4 Å². The van der Waals surface area contributed by atoms with E-state index in [9.17, 15) is 4.79 Å². The van der Waals surface area contributed by atoms with Gasteiger partial charge in [-0.2, -0.15) is 0 Å². The summed E-state index contributed by atoms with van der Waals surface area (Å²) in [6, 6.07) is 8.19. The Bertz CT molecular complexity index is 739. The molecule has 130 valence electrons. The van der Waals surface area contributed by atoms with E-state index in [4.69, 9.17) is 5.21 Å². The molecule has 1 aliphatic heterocycles. The molecule has 1 aromatic carbocycles. The van der Waals surface area contributed by atoms with E-state index >= 15 is 0 Å². The molecule has 0 radical (unpaired) electrons. The number of nitrogens with one attached hydrogen (secondary N) is 2. The van der Waals surface area contributed by atoms with Gasteiger partial charge in [0, 0.05) is 19.2 Å². The van der Waals surface area contributed by atoms with Crippen LogP contribution in [0.1, 0.15) is 25.0 Å². The number of anilines is 3. The minimum absolute atomic E-state index is 0.526. The van der Waals surface area contributed by atoms with E-state index in [-0.39, 0.29) is 0 Å². The van der Waals surface area contributed by atoms with Gasteiger partial charge >= 0.3 is 0 Å². The monoisotopic (exact) mass is 339 g/mol. The third-order valence-corrected chi connectivity index (χ3v) is 4.05. The number of carbonyl (C=O) groups is 1. The largest absolute Gasteiger partial charge is 0.370 e. The van der Waals surface area contributed by atoms with Gasteiger partial charge in [-0.05, 0) is 37.5 Å². The number of nitrogens with zero attached hydrogens (tertiary/aromatic N) is 3. The summed E-state index contributed by atoms with van der Waals surface area (Å²) in [6.07, 6.45) is 9.57. The minimum atomic E-state index is -0.612. The molecule has 1 aromatic heterocycles. The van der Waals surface area contributed by atoms with Gasteiger partial charge in [0.15, 0.2) is 0 Å². The fraction of sp³-hybridized carbons (Fsp3) is 0.278. The van der Waals surface area contributed by atoms with Crippen LogP contribution in [-0.4, -0.2) is 34.2 Å². The predicted molar refractivity (Wildman–Crippen MR) is 96.8 cm³/mol. The average Bonchev–Trinajstić information content (AvgIpc) is 2.68. The minimum Gasteiger partial charge on any atom is -0.370 e. The number of rotatable bonds is 5. The normalized spacial score (nSPS) is 14.5. The molecule has 1 aliphatic rings. The van der Waals surface area contributed by atoms with Crippen molar-refractivity contribution in [1.29, 1.82) is 0 Å². The highest BCUT2D eigenvalue weighted by Crippen LogP contribution is 2.29. The topological polar surface area (TPSA) is 90.4 Å². The Kier molecular flexibility index (Phi) is 5.58. The van der Waals surface area contributed by atoms with Gasteiger partial charge in [0.25, 0.3) is 5.91 Å². The van der Waals surface area contributed by atoms with Crippen LogP contribution in [0.3, 0.4) is 0 Å². The highest BCUT2D eigenvalue weighted by atomic mass is 16.5. The van der Waals surface area contributed by atoms with Crippen molar-refractivity contribution in [3.63, 3.8) is 0 Å². The van der Waals surface area contributed by atoms with Gasteiger partial charge in [-0.25, -0.2) is 10.5 Å². The number of hydrogen-bond donors (Lipinski definition) is 3. The maximum atomic E-state index is 11.0. The van der Waals surface area contributed by atoms with Crippen LogP contribution in [0, 0.1) is 0 Å². The van der Waals surface area contributed by atoms with Crippen LogP contribution in [-0.2, 0) is 4.79 Å². The van der Waals surface area contributed by atoms with Gasteiger partial charge in [-0.15, -0.1) is 0 Å². The summed E-state index contributed by atoms with van der Waals surface area (Å²) in [7, 11) is 0. The lowest BCUT2D eigenvalue weighted by Crippen LogP contribution is -2.29. The number of benzene rings is 1. The third-order valence-electron chi connectivity index (χ3n) is 4.05. The fourth-order valence-electron chi connectivity index (χ4n) is 2.81. The Hall–Kier alpha value is -2.93. The highest BCUT2D eigenvalue weighted by molar-refractivity contribution is 5.90. The molecule has 3 N–H and O–H groups in total. The zero-order valence-electron chi connectivity index (χ0n) is 13.9. The molecular formula is C18H21N5O2. The van der Waals surface area contributed by atoms with Crippen LogP contribution in [0.25, 0.3) is 6.08 Å². The molecule has 0 bridgehead atoms. The van der Waals surface area contributed by atoms with Crippen LogP contribution in [0.15, 0.2) is 42.7 Å². The van der Waals surface area contributed by atoms with Crippen molar-refractivity contribution in [2.75, 3.05) is 23.3 Å². The van der Waals surface area contributed by atoms with Gasteiger partial charge in [-0.3, -0.25) is 15.0 Å². The first kappa shape index (κ1) is 16.9. The molecule has 0 aliphatic carbocycles. The number of para-hydroxylation sites is 2. The molecule has 3 rings (SSSR count). The van der Waals surface area contributed by atoms with Crippen LogP contribution in [0.5, 0.6) is 0 Å². The Morgan fingerprint density at radius 3 is 2.64 bits per heavy atom. The van der Waals surface area contributed by atoms with Crippen molar-refractivity contribution in [3.8, 4) is 0 Å². The summed E-state index contributed by atoms with van der Waals surface area (Å²) < 4.78 is 0. The molecule has 0 atom stereocenters. The van der Waals surface area contributed by atoms with Crippen molar-refractivity contribution in [1.82, 2.24) is 15.4 Å². The molecule has 1 saturated heterocycles. The average molecular weight is 339 g/mol. The molecule has 1 fully saturated rings. The summed E-state index contributed by atoms with van der Waals surface area (Å²) in [5.41, 5.74) is 4.23. The van der Waals surface area contributed by atoms with Crippen LogP contribution in [0.2, 0.25) is 0 Å². The maximum Gasteiger partial charge on any atom is 0.267 e. The first-order valence-corrected chi connectivity index (χ1v) is 8.31. The number of aromatic nitrogens is 2. The molecule has 2 aromatic rings. The predicted octanol–water partition coefficient (Wildman–Crippen LogP) is 2.73. The summed E-state index contributed by atoms with van der Waals surface area (Å²) in [5.74, 6) is 0.0210. The Morgan fingerprint density at radius 1 is 1.12 bits per heavy atom. The van der Waals surface area contributed by atoms with E-state index in [2.05, 4.69) is 26.3 Å². The summed E-state index contributed by atoms with van der Waals surface area (Å²) >= 11 is 0. The second-order valence-electron chi connectivity index (χ2n) is 5.83. The number of hydroxylamine groups is 1. The van der Waals surface area contributed by atoms with Crippen molar-refractivity contribution < 1.29 is 10.0 Å². The lowest BCUT2D eigenvalue weighted by molar-refractivity contribution is -0.124. The molecule has 25 heavy (non-hydrogen) atoms. The van der Waals surface area contributed by atoms with Gasteiger partial charge in [0.1, 0.15) is 5.82 Å². The van der Waals surface area contributed by atoms with Crippen LogP contribution < -0.4 is 15.7 Å². The Balaban J connectivity index is 1.72. The number of hydrogen-bond acceptors (Lipinski definition) is 6. The van der Waals surface area contributed by atoms with Crippen molar-refractivity contribution >= 4 is 29.2 Å². The van der Waals surface area contributed by atoms with E-state index in [1.807, 2.05) is 18.2 Å². The summed E-state index contributed by atoms with van der Waals surface area (Å²) in [4.78, 5) is 21.9. The van der Waals surface area contributed by atoms with Crippen LogP contribution in [0.4, 0.5) is 17.2 Å². The fourth-order valence-corrected chi connectivity index (χ4v) is 2.81. The molecular weight excluding hydrogens is 318 g/mol. The quantitative estimate of drug-likeness (QED) is 0.441. The molecule has 0 saturated carbocycles. The van der Waals surface area contributed by atoms with E-state index in [0.717, 1.165) is 18.8 Å². The highest BCUT2D eigenvalue weighted by Gasteiger charge is 2.14. The van der Waals surface area contributed by atoms with E-state index in [1.165, 1.54) is 42.6 Å². The smallest absolute Gasteiger partial charge is 0.267 e. The Morgan fingerprint density at radius 2 is 1.92 bits per heavy atom. The first-order chi connectivity index (χ1) is 12.3. The number of carbonyl (C=O) groups excluding carboxylic acids is 1. The summed E-state index contributed by atoms with van der Waals surface area (Å²) in [6.45, 7) is 2.14. The standard InChI is InChI=1S/C18H21N5O2/c24-18(22-25)9-8-14-12-20-17(13-19-14)21-15-6-2-3-7-16(15)23-10-4-1-5-11-23/h2-3,6-9,12-13,25H,1,4-5,10-11H2,(H,20,21)(H,22,24). The van der Waals surface area contributed by atoms with Gasteiger partial charge in [0.2, 0.25) is 0 Å². The second kappa shape index (κ2) is 8.25. The van der Waals surface area contributed by atoms with Crippen molar-refractivity contribution in [2.24, 2.45) is 0 Å². The molecule has 7 heteroatoms. The zero-order chi connectivity index (χ0) is 17.5. The maximum absolute atomic E-state index is 11.0. The second-order valence-corrected chi connectivity index (χ2v) is 5.83. The van der Waals surface area contributed by atoms with Gasteiger partial charge in [0.05, 0.1) is 29.5 Å². The lowest BCUT2D eigenvalue weighted by atomic mass is 10.1. The number of piperidine rings is 1. The van der Waals surface area contributed by atoms with E-state index < -0.39 is 5.91 Å².